The first-order chi connectivity index (χ1) is 7.63. The van der Waals surface area contributed by atoms with Crippen molar-refractivity contribution < 1.29 is 0 Å². The van der Waals surface area contributed by atoms with Crippen LogP contribution in [0.1, 0.15) is 20.8 Å². The Kier molecular flexibility index (Phi) is 6.72. The number of thioether (sulfide) groups is 2. The number of nitrogens with one attached hydrogen (secondary N) is 1. The Bertz CT molecular complexity index is 301. The Labute approximate surface area is 110 Å². The number of nitrogens with zero attached hydrogens (tertiary/aromatic N) is 2. The molecule has 0 radical (unpaired) electrons. The van der Waals surface area contributed by atoms with Crippen LogP contribution in [-0.2, 0) is 0 Å². The van der Waals surface area contributed by atoms with Crippen LogP contribution in [0.4, 0.5) is 0 Å². The Morgan fingerprint density at radius 1 is 1.25 bits per heavy atom. The first-order valence-electron chi connectivity index (χ1n) is 5.37. The van der Waals surface area contributed by atoms with Gasteiger partial charge in [0, 0.05) is 18.3 Å². The summed E-state index contributed by atoms with van der Waals surface area (Å²) in [5.74, 6) is 1.75. The van der Waals surface area contributed by atoms with E-state index in [-0.39, 0.29) is 0 Å². The van der Waals surface area contributed by atoms with Gasteiger partial charge in [0.15, 0.2) is 8.68 Å². The van der Waals surface area contributed by atoms with E-state index in [1.54, 1.807) is 34.9 Å². The van der Waals surface area contributed by atoms with E-state index >= 15 is 0 Å². The summed E-state index contributed by atoms with van der Waals surface area (Å²) in [6.45, 7) is 7.73. The highest BCUT2D eigenvalue weighted by Gasteiger charge is 2.06. The summed E-state index contributed by atoms with van der Waals surface area (Å²) < 4.78 is 2.12. The summed E-state index contributed by atoms with van der Waals surface area (Å²) in [7, 11) is 0. The van der Waals surface area contributed by atoms with Gasteiger partial charge < -0.3 is 5.32 Å². The van der Waals surface area contributed by atoms with Gasteiger partial charge in [0.2, 0.25) is 0 Å². The third-order valence-electron chi connectivity index (χ3n) is 2.36. The van der Waals surface area contributed by atoms with Crippen LogP contribution >= 0.6 is 34.9 Å². The molecule has 1 atom stereocenters. The van der Waals surface area contributed by atoms with Gasteiger partial charge in [0.05, 0.1) is 0 Å². The second-order valence-corrected chi connectivity index (χ2v) is 7.25. The summed E-state index contributed by atoms with van der Waals surface area (Å²) in [6.07, 6.45) is 2.03. The van der Waals surface area contributed by atoms with Gasteiger partial charge in [-0.1, -0.05) is 48.7 Å². The van der Waals surface area contributed by atoms with Crippen molar-refractivity contribution in [1.29, 1.82) is 0 Å². The standard InChI is InChI=1S/C10H19N3S3/c1-7(2)8(3)11-5-6-15-10-13-12-9(14-4)16-10/h7-8,11H,5-6H2,1-4H3. The smallest absolute Gasteiger partial charge is 0.175 e. The predicted octanol–water partition coefficient (Wildman–Crippen LogP) is 2.99. The molecule has 1 N–H and O–H groups in total. The van der Waals surface area contributed by atoms with Crippen LogP contribution in [0, 0.1) is 5.92 Å². The van der Waals surface area contributed by atoms with Crippen LogP contribution in [0.2, 0.25) is 0 Å². The van der Waals surface area contributed by atoms with Gasteiger partial charge in [-0.25, -0.2) is 0 Å². The molecule has 92 valence electrons. The molecule has 0 fully saturated rings. The lowest BCUT2D eigenvalue weighted by Gasteiger charge is -2.16. The molecule has 0 aliphatic heterocycles. The molecule has 0 spiro atoms. The van der Waals surface area contributed by atoms with Crippen molar-refractivity contribution in [3.8, 4) is 0 Å². The largest absolute Gasteiger partial charge is 0.313 e. The van der Waals surface area contributed by atoms with Crippen LogP contribution in [0.5, 0.6) is 0 Å². The van der Waals surface area contributed by atoms with Crippen molar-refractivity contribution in [2.45, 2.75) is 35.5 Å². The number of rotatable bonds is 7. The Morgan fingerprint density at radius 2 is 1.94 bits per heavy atom. The molecule has 0 bridgehead atoms. The van der Waals surface area contributed by atoms with Crippen molar-refractivity contribution in [1.82, 2.24) is 15.5 Å². The molecule has 16 heavy (non-hydrogen) atoms. The molecule has 1 rings (SSSR count). The topological polar surface area (TPSA) is 37.8 Å². The van der Waals surface area contributed by atoms with Crippen molar-refractivity contribution in [2.24, 2.45) is 5.92 Å². The molecule has 0 saturated carbocycles. The van der Waals surface area contributed by atoms with Gasteiger partial charge in [-0.15, -0.1) is 10.2 Å². The summed E-state index contributed by atoms with van der Waals surface area (Å²) in [6, 6.07) is 0.580. The molecular weight excluding hydrogens is 258 g/mol. The summed E-state index contributed by atoms with van der Waals surface area (Å²) in [4.78, 5) is 0. The minimum absolute atomic E-state index is 0.580. The van der Waals surface area contributed by atoms with Crippen LogP contribution in [0.3, 0.4) is 0 Å². The van der Waals surface area contributed by atoms with Gasteiger partial charge in [-0.05, 0) is 19.1 Å². The van der Waals surface area contributed by atoms with Gasteiger partial charge >= 0.3 is 0 Å². The molecule has 0 aliphatic carbocycles. The zero-order valence-corrected chi connectivity index (χ0v) is 12.6. The molecule has 0 amide bonds. The summed E-state index contributed by atoms with van der Waals surface area (Å²) in [5.41, 5.74) is 0. The SMILES string of the molecule is CSc1nnc(SCCNC(C)C(C)C)s1. The quantitative estimate of drug-likeness (QED) is 0.612. The van der Waals surface area contributed by atoms with E-state index in [9.17, 15) is 0 Å². The van der Waals surface area contributed by atoms with Crippen LogP contribution in [0.25, 0.3) is 0 Å². The molecule has 3 nitrogen and oxygen atoms in total. The van der Waals surface area contributed by atoms with Crippen molar-refractivity contribution in [2.75, 3.05) is 18.6 Å². The van der Waals surface area contributed by atoms with Gasteiger partial charge in [0.25, 0.3) is 0 Å². The van der Waals surface area contributed by atoms with E-state index in [1.807, 2.05) is 6.26 Å². The van der Waals surface area contributed by atoms with Crippen LogP contribution in [-0.4, -0.2) is 34.8 Å². The highest BCUT2D eigenvalue weighted by atomic mass is 32.2. The zero-order valence-electron chi connectivity index (χ0n) is 10.2. The zero-order chi connectivity index (χ0) is 12.0. The highest BCUT2D eigenvalue weighted by Crippen LogP contribution is 2.26. The maximum atomic E-state index is 4.12. The molecule has 1 unspecified atom stereocenters. The lowest BCUT2D eigenvalue weighted by atomic mass is 10.1. The Balaban J connectivity index is 2.16. The Morgan fingerprint density at radius 3 is 2.50 bits per heavy atom. The van der Waals surface area contributed by atoms with E-state index in [0.29, 0.717) is 12.0 Å². The fourth-order valence-electron chi connectivity index (χ4n) is 0.999. The Hall–Kier alpha value is 0.220. The molecule has 1 aromatic heterocycles. The molecule has 0 aliphatic rings. The van der Waals surface area contributed by atoms with Gasteiger partial charge in [-0.2, -0.15) is 0 Å². The molecule has 0 saturated heterocycles. The molecule has 6 heteroatoms. The number of hydrogen-bond acceptors (Lipinski definition) is 6. The van der Waals surface area contributed by atoms with E-state index in [4.69, 9.17) is 0 Å². The molecule has 0 aromatic carbocycles. The molecular formula is C10H19N3S3. The van der Waals surface area contributed by atoms with Gasteiger partial charge in [-0.3, -0.25) is 0 Å². The van der Waals surface area contributed by atoms with E-state index < -0.39 is 0 Å². The van der Waals surface area contributed by atoms with Crippen molar-refractivity contribution >= 4 is 34.9 Å². The fraction of sp³-hybridized carbons (Fsp3) is 0.800. The molecule has 1 aromatic rings. The lowest BCUT2D eigenvalue weighted by molar-refractivity contribution is 0.438. The molecule has 1 heterocycles. The maximum Gasteiger partial charge on any atom is 0.175 e. The minimum atomic E-state index is 0.580. The average molecular weight is 277 g/mol. The van der Waals surface area contributed by atoms with Crippen LogP contribution < -0.4 is 5.32 Å². The van der Waals surface area contributed by atoms with E-state index in [0.717, 1.165) is 21.0 Å². The monoisotopic (exact) mass is 277 g/mol. The fourth-order valence-corrected chi connectivity index (χ4v) is 3.38. The van der Waals surface area contributed by atoms with Crippen molar-refractivity contribution in [3.63, 3.8) is 0 Å². The second kappa shape index (κ2) is 7.53. The highest BCUT2D eigenvalue weighted by molar-refractivity contribution is 8.02. The third kappa shape index (κ3) is 5.03. The number of hydrogen-bond donors (Lipinski definition) is 1. The van der Waals surface area contributed by atoms with Crippen LogP contribution in [0.15, 0.2) is 8.68 Å². The first kappa shape index (κ1) is 14.3. The number of aromatic nitrogens is 2. The van der Waals surface area contributed by atoms with E-state index in [1.165, 1.54) is 0 Å². The minimum Gasteiger partial charge on any atom is -0.313 e. The first-order valence-corrected chi connectivity index (χ1v) is 8.40. The van der Waals surface area contributed by atoms with Crippen molar-refractivity contribution in [3.05, 3.63) is 0 Å². The predicted molar refractivity (Wildman–Crippen MR) is 74.7 cm³/mol. The van der Waals surface area contributed by atoms with Gasteiger partial charge in [0.1, 0.15) is 0 Å². The lowest BCUT2D eigenvalue weighted by Crippen LogP contribution is -2.32. The maximum absolute atomic E-state index is 4.12. The summed E-state index contributed by atoms with van der Waals surface area (Å²) >= 11 is 5.11. The normalized spacial score (nSPS) is 13.3. The second-order valence-electron chi connectivity index (χ2n) is 3.87. The summed E-state index contributed by atoms with van der Waals surface area (Å²) in [5, 5.41) is 11.7. The average Bonchev–Trinajstić information content (AvgIpc) is 2.71. The third-order valence-corrected chi connectivity index (χ3v) is 5.39. The van der Waals surface area contributed by atoms with E-state index in [2.05, 4.69) is 36.3 Å².